The van der Waals surface area contributed by atoms with Gasteiger partial charge in [-0.1, -0.05) is 35.1 Å². The Balaban J connectivity index is 1.36. The Bertz CT molecular complexity index is 1210. The van der Waals surface area contributed by atoms with Crippen LogP contribution in [0.3, 0.4) is 0 Å². The Morgan fingerprint density at radius 3 is 2.88 bits per heavy atom. The van der Waals surface area contributed by atoms with Gasteiger partial charge < -0.3 is 19.3 Å². The normalized spacial score (nSPS) is 10.7. The summed E-state index contributed by atoms with van der Waals surface area (Å²) in [7, 11) is 3.18. The Kier molecular flexibility index (Phi) is 6.71. The van der Waals surface area contributed by atoms with Gasteiger partial charge >= 0.3 is 0 Å². The highest BCUT2D eigenvalue weighted by Gasteiger charge is 2.14. The van der Waals surface area contributed by atoms with Gasteiger partial charge in [0.05, 0.1) is 37.8 Å². The molecule has 0 aliphatic carbocycles. The van der Waals surface area contributed by atoms with Crippen molar-refractivity contribution >= 4 is 23.4 Å². The summed E-state index contributed by atoms with van der Waals surface area (Å²) < 4.78 is 17.8. The van der Waals surface area contributed by atoms with Crippen LogP contribution >= 0.6 is 11.8 Å². The predicted octanol–water partition coefficient (Wildman–Crippen LogP) is 3.75. The summed E-state index contributed by atoms with van der Waals surface area (Å²) in [5.41, 5.74) is 1.52. The van der Waals surface area contributed by atoms with Crippen molar-refractivity contribution in [2.24, 2.45) is 0 Å². The molecule has 0 saturated heterocycles. The molecule has 1 amide bonds. The van der Waals surface area contributed by atoms with E-state index in [1.54, 1.807) is 32.5 Å². The van der Waals surface area contributed by atoms with E-state index in [9.17, 15) is 4.79 Å². The molecule has 1 N–H and O–H groups in total. The largest absolute Gasteiger partial charge is 0.497 e. The van der Waals surface area contributed by atoms with Crippen LogP contribution in [0.15, 0.2) is 70.6 Å². The number of nitrogens with one attached hydrogen (secondary N) is 1. The van der Waals surface area contributed by atoms with Crippen molar-refractivity contribution in [1.29, 1.82) is 0 Å². The number of hydrogen-bond donors (Lipinski definition) is 1. The van der Waals surface area contributed by atoms with Crippen molar-refractivity contribution in [1.82, 2.24) is 19.7 Å². The summed E-state index contributed by atoms with van der Waals surface area (Å²) in [4.78, 5) is 21.1. The highest BCUT2D eigenvalue weighted by molar-refractivity contribution is 7.98. The second-order valence-electron chi connectivity index (χ2n) is 6.60. The number of nitrogens with zero attached hydrogens (tertiary/aromatic N) is 4. The molecule has 0 saturated carbocycles. The van der Waals surface area contributed by atoms with E-state index in [4.69, 9.17) is 14.0 Å². The van der Waals surface area contributed by atoms with E-state index in [2.05, 4.69) is 20.4 Å². The van der Waals surface area contributed by atoms with E-state index in [-0.39, 0.29) is 12.3 Å². The van der Waals surface area contributed by atoms with Crippen molar-refractivity contribution in [3.63, 3.8) is 0 Å². The topological polar surface area (TPSA) is 104 Å². The van der Waals surface area contributed by atoms with Crippen LogP contribution in [0, 0.1) is 0 Å². The number of methoxy groups -OCH3 is 2. The molecule has 10 heteroatoms. The summed E-state index contributed by atoms with van der Waals surface area (Å²) in [6.07, 6.45) is 3.59. The highest BCUT2D eigenvalue weighted by atomic mass is 32.2. The molecular weight excluding hydrogens is 430 g/mol. The smallest absolute Gasteiger partial charge is 0.237 e. The molecule has 32 heavy (non-hydrogen) atoms. The predicted molar refractivity (Wildman–Crippen MR) is 119 cm³/mol. The lowest BCUT2D eigenvalue weighted by Gasteiger charge is -2.08. The molecule has 9 nitrogen and oxygen atoms in total. The van der Waals surface area contributed by atoms with Crippen LogP contribution in [0.4, 0.5) is 5.69 Å². The average molecular weight is 452 g/mol. The first kappa shape index (κ1) is 21.4. The molecule has 0 bridgehead atoms. The maximum atomic E-state index is 12.3. The maximum Gasteiger partial charge on any atom is 0.237 e. The Morgan fingerprint density at radius 1 is 1.16 bits per heavy atom. The highest BCUT2D eigenvalue weighted by Crippen LogP contribution is 2.26. The molecule has 4 aromatic rings. The molecule has 0 atom stereocenters. The van der Waals surface area contributed by atoms with Crippen molar-refractivity contribution in [2.45, 2.75) is 17.3 Å². The second-order valence-corrected chi connectivity index (χ2v) is 7.54. The molecule has 164 valence electrons. The van der Waals surface area contributed by atoms with Gasteiger partial charge in [-0.3, -0.25) is 9.36 Å². The summed E-state index contributed by atoms with van der Waals surface area (Å²) in [6.45, 7) is 0. The van der Waals surface area contributed by atoms with Crippen molar-refractivity contribution in [3.8, 4) is 17.2 Å². The molecule has 0 radical (unpaired) electrons. The number of hydrogen-bond acceptors (Lipinski definition) is 8. The standard InChI is InChI=1S/C22H21N5O4S/c1-29-16-7-5-6-15(12-16)27-11-10-23-22(27)32-14-21-25-19(26-31-21)13-20(28)24-17-8-3-4-9-18(17)30-2/h3-12H,13-14H2,1-2H3,(H,24,28). The number of para-hydroxylation sites is 2. The summed E-state index contributed by atoms with van der Waals surface area (Å²) in [5.74, 6) is 2.22. The number of ether oxygens (including phenoxy) is 2. The summed E-state index contributed by atoms with van der Waals surface area (Å²) in [5, 5.41) is 7.47. The lowest BCUT2D eigenvalue weighted by molar-refractivity contribution is -0.115. The SMILES string of the molecule is COc1cccc(-n2ccnc2SCc2nc(CC(=O)Nc3ccccc3OC)no2)c1. The third kappa shape index (κ3) is 5.09. The molecule has 0 aliphatic heterocycles. The van der Waals surface area contributed by atoms with Crippen LogP contribution in [0.1, 0.15) is 11.7 Å². The molecule has 2 heterocycles. The van der Waals surface area contributed by atoms with Gasteiger partial charge in [0, 0.05) is 18.5 Å². The number of aromatic nitrogens is 4. The monoisotopic (exact) mass is 451 g/mol. The minimum absolute atomic E-state index is 0.00927. The Morgan fingerprint density at radius 2 is 2.03 bits per heavy atom. The first-order valence-corrected chi connectivity index (χ1v) is 10.7. The number of carbonyl (C=O) groups excluding carboxylic acids is 1. The molecule has 0 spiro atoms. The lowest BCUT2D eigenvalue weighted by Crippen LogP contribution is -2.15. The number of anilines is 1. The van der Waals surface area contributed by atoms with Gasteiger partial charge in [0.15, 0.2) is 11.0 Å². The molecule has 0 unspecified atom stereocenters. The number of benzene rings is 2. The average Bonchev–Trinajstić information content (AvgIpc) is 3.47. The minimum atomic E-state index is -0.261. The minimum Gasteiger partial charge on any atom is -0.497 e. The third-order valence-electron chi connectivity index (χ3n) is 4.47. The van der Waals surface area contributed by atoms with Crippen LogP contribution in [-0.4, -0.2) is 39.8 Å². The van der Waals surface area contributed by atoms with Crippen LogP contribution in [0.2, 0.25) is 0 Å². The third-order valence-corrected chi connectivity index (χ3v) is 5.42. The van der Waals surface area contributed by atoms with Crippen molar-refractivity contribution in [3.05, 3.63) is 72.6 Å². The fraction of sp³-hybridized carbons (Fsp3) is 0.182. The second kappa shape index (κ2) is 10.0. The van der Waals surface area contributed by atoms with Crippen LogP contribution in [0.5, 0.6) is 11.5 Å². The summed E-state index contributed by atoms with van der Waals surface area (Å²) >= 11 is 1.45. The Hall–Kier alpha value is -3.79. The first-order valence-electron chi connectivity index (χ1n) is 9.71. The number of thioether (sulfide) groups is 1. The van der Waals surface area contributed by atoms with E-state index in [1.807, 2.05) is 47.2 Å². The zero-order chi connectivity index (χ0) is 22.3. The van der Waals surface area contributed by atoms with E-state index in [0.29, 0.717) is 28.9 Å². The molecular formula is C22H21N5O4S. The molecule has 2 aromatic carbocycles. The molecule has 4 rings (SSSR count). The van der Waals surface area contributed by atoms with Gasteiger partial charge in [0.25, 0.3) is 0 Å². The lowest BCUT2D eigenvalue weighted by atomic mass is 10.2. The van der Waals surface area contributed by atoms with Crippen LogP contribution < -0.4 is 14.8 Å². The van der Waals surface area contributed by atoms with Gasteiger partial charge in [-0.2, -0.15) is 4.98 Å². The maximum absolute atomic E-state index is 12.3. The van der Waals surface area contributed by atoms with Gasteiger partial charge in [-0.15, -0.1) is 0 Å². The zero-order valence-corrected chi connectivity index (χ0v) is 18.3. The summed E-state index contributed by atoms with van der Waals surface area (Å²) in [6, 6.07) is 14.9. The van der Waals surface area contributed by atoms with Gasteiger partial charge in [-0.25, -0.2) is 4.98 Å². The number of imidazole rings is 1. The van der Waals surface area contributed by atoms with E-state index in [0.717, 1.165) is 16.6 Å². The quantitative estimate of drug-likeness (QED) is 0.384. The van der Waals surface area contributed by atoms with Gasteiger partial charge in [-0.05, 0) is 24.3 Å². The number of carbonyl (C=O) groups is 1. The van der Waals surface area contributed by atoms with Crippen molar-refractivity contribution in [2.75, 3.05) is 19.5 Å². The number of amides is 1. The molecule has 0 fully saturated rings. The van der Waals surface area contributed by atoms with E-state index >= 15 is 0 Å². The zero-order valence-electron chi connectivity index (χ0n) is 17.5. The number of rotatable bonds is 9. The van der Waals surface area contributed by atoms with Crippen LogP contribution in [-0.2, 0) is 17.0 Å². The molecule has 2 aromatic heterocycles. The fourth-order valence-electron chi connectivity index (χ4n) is 2.99. The molecule has 0 aliphatic rings. The first-order chi connectivity index (χ1) is 15.7. The van der Waals surface area contributed by atoms with Gasteiger partial charge in [0.2, 0.25) is 11.8 Å². The Labute approximate surface area is 188 Å². The fourth-order valence-corrected chi connectivity index (χ4v) is 3.80. The van der Waals surface area contributed by atoms with Crippen LogP contribution in [0.25, 0.3) is 5.69 Å². The van der Waals surface area contributed by atoms with E-state index < -0.39 is 0 Å². The van der Waals surface area contributed by atoms with E-state index in [1.165, 1.54) is 11.8 Å². The van der Waals surface area contributed by atoms with Gasteiger partial charge in [0.1, 0.15) is 11.5 Å². The van der Waals surface area contributed by atoms with Crippen molar-refractivity contribution < 1.29 is 18.8 Å².